The Balaban J connectivity index is 2.10. The molecule has 0 aromatic heterocycles. The molecule has 1 aliphatic rings. The Morgan fingerprint density at radius 1 is 1.25 bits per heavy atom. The highest BCUT2D eigenvalue weighted by Gasteiger charge is 2.31. The van der Waals surface area contributed by atoms with Crippen LogP contribution < -0.4 is 4.74 Å². The monoisotopic (exact) mass is 339 g/mol. The topological polar surface area (TPSA) is 33.0 Å². The molecule has 0 N–H and O–H groups in total. The van der Waals surface area contributed by atoms with Gasteiger partial charge in [-0.1, -0.05) is 47.7 Å². The van der Waals surface area contributed by atoms with Gasteiger partial charge in [0.05, 0.1) is 6.61 Å². The zero-order valence-electron chi connectivity index (χ0n) is 11.5. The van der Waals surface area contributed by atoms with Gasteiger partial charge in [0.25, 0.3) is 0 Å². The molecule has 0 spiro atoms. The summed E-state index contributed by atoms with van der Waals surface area (Å²) >= 11 is 3.61. The predicted octanol–water partition coefficient (Wildman–Crippen LogP) is 4.81. The van der Waals surface area contributed by atoms with Crippen molar-refractivity contribution in [3.8, 4) is 11.8 Å². The number of hydrogen-bond acceptors (Lipinski definition) is 2. The lowest BCUT2D eigenvalue weighted by molar-refractivity contribution is 0.148. The number of ether oxygens (including phenoxy) is 1. The summed E-state index contributed by atoms with van der Waals surface area (Å²) in [4.78, 5) is 0. The molecule has 0 saturated heterocycles. The quantitative estimate of drug-likeness (QED) is 0.582. The first-order valence-corrected chi connectivity index (χ1v) is 8.20. The summed E-state index contributed by atoms with van der Waals surface area (Å²) < 4.78 is 19.4. The van der Waals surface area contributed by atoms with E-state index in [1.54, 1.807) is 12.1 Å². The number of nitriles is 1. The fourth-order valence-electron chi connectivity index (χ4n) is 2.76. The summed E-state index contributed by atoms with van der Waals surface area (Å²) in [7, 11) is 0. The van der Waals surface area contributed by atoms with Gasteiger partial charge in [0.2, 0.25) is 0 Å². The van der Waals surface area contributed by atoms with Gasteiger partial charge in [-0.3, -0.25) is 0 Å². The highest BCUT2D eigenvalue weighted by atomic mass is 79.9. The maximum Gasteiger partial charge on any atom is 0.144 e. The van der Waals surface area contributed by atoms with Crippen LogP contribution in [-0.2, 0) is 0 Å². The second-order valence-electron chi connectivity index (χ2n) is 5.56. The molecule has 0 unspecified atom stereocenters. The van der Waals surface area contributed by atoms with E-state index in [1.807, 2.05) is 6.07 Å². The highest BCUT2D eigenvalue weighted by Crippen LogP contribution is 2.37. The van der Waals surface area contributed by atoms with Gasteiger partial charge in [-0.15, -0.1) is 0 Å². The van der Waals surface area contributed by atoms with Crippen LogP contribution in [0.5, 0.6) is 5.75 Å². The lowest BCUT2D eigenvalue weighted by Crippen LogP contribution is -2.30. The number of rotatable bonds is 4. The van der Waals surface area contributed by atoms with Crippen molar-refractivity contribution in [3.05, 3.63) is 29.6 Å². The van der Waals surface area contributed by atoms with E-state index in [0.717, 1.165) is 18.2 Å². The van der Waals surface area contributed by atoms with Gasteiger partial charge in [-0.25, -0.2) is 4.39 Å². The summed E-state index contributed by atoms with van der Waals surface area (Å²) in [6, 6.07) is 6.42. The van der Waals surface area contributed by atoms with Gasteiger partial charge >= 0.3 is 0 Å². The lowest BCUT2D eigenvalue weighted by Gasteiger charge is -2.30. The van der Waals surface area contributed by atoms with Crippen LogP contribution in [0.2, 0.25) is 0 Å². The Morgan fingerprint density at radius 2 is 1.95 bits per heavy atom. The third-order valence-electron chi connectivity index (χ3n) is 4.07. The minimum Gasteiger partial charge on any atom is -0.491 e. The van der Waals surface area contributed by atoms with Crippen LogP contribution in [0.4, 0.5) is 4.39 Å². The number of nitrogens with zero attached hydrogens (tertiary/aromatic N) is 1. The standard InChI is InChI=1S/C16H19BrFNO/c17-11-16(8-3-1-2-4-9-16)12-20-15-7-5-6-14(18)13(15)10-19/h5-7H,1-4,8-9,11-12H2. The van der Waals surface area contributed by atoms with Gasteiger partial charge in [-0.2, -0.15) is 5.26 Å². The van der Waals surface area contributed by atoms with Gasteiger partial charge in [0, 0.05) is 10.7 Å². The number of alkyl halides is 1. The first kappa shape index (κ1) is 15.3. The molecule has 1 fully saturated rings. The van der Waals surface area contributed by atoms with Crippen molar-refractivity contribution in [2.24, 2.45) is 5.41 Å². The third kappa shape index (κ3) is 3.52. The average molecular weight is 340 g/mol. The van der Waals surface area contributed by atoms with E-state index in [0.29, 0.717) is 12.4 Å². The van der Waals surface area contributed by atoms with Gasteiger partial charge in [0.15, 0.2) is 0 Å². The molecule has 20 heavy (non-hydrogen) atoms. The molecule has 0 bridgehead atoms. The van der Waals surface area contributed by atoms with Crippen LogP contribution >= 0.6 is 15.9 Å². The SMILES string of the molecule is N#Cc1c(F)cccc1OCC1(CBr)CCCCCC1. The van der Waals surface area contributed by atoms with Crippen molar-refractivity contribution in [1.82, 2.24) is 0 Å². The molecule has 0 radical (unpaired) electrons. The highest BCUT2D eigenvalue weighted by molar-refractivity contribution is 9.09. The Morgan fingerprint density at radius 3 is 2.55 bits per heavy atom. The van der Waals surface area contributed by atoms with Crippen molar-refractivity contribution in [2.75, 3.05) is 11.9 Å². The van der Waals surface area contributed by atoms with Gasteiger partial charge in [-0.05, 0) is 25.0 Å². The summed E-state index contributed by atoms with van der Waals surface area (Å²) in [5.74, 6) is -0.157. The molecular weight excluding hydrogens is 321 g/mol. The van der Waals surface area contributed by atoms with Crippen LogP contribution in [0.25, 0.3) is 0 Å². The Labute approximate surface area is 128 Å². The maximum atomic E-state index is 13.5. The average Bonchev–Trinajstić information content (AvgIpc) is 2.71. The minimum absolute atomic E-state index is 0.00541. The normalized spacial score (nSPS) is 18.1. The Kier molecular flexibility index (Phi) is 5.42. The number of hydrogen-bond donors (Lipinski definition) is 0. The van der Waals surface area contributed by atoms with Crippen molar-refractivity contribution in [1.29, 1.82) is 5.26 Å². The maximum absolute atomic E-state index is 13.5. The largest absolute Gasteiger partial charge is 0.491 e. The summed E-state index contributed by atoms with van der Waals surface area (Å²) in [5, 5.41) is 9.91. The number of halogens is 2. The van der Waals surface area contributed by atoms with Gasteiger partial charge in [0.1, 0.15) is 23.2 Å². The zero-order chi connectivity index (χ0) is 14.4. The van der Waals surface area contributed by atoms with Crippen molar-refractivity contribution >= 4 is 15.9 Å². The molecule has 2 rings (SSSR count). The third-order valence-corrected chi connectivity index (χ3v) is 5.26. The molecule has 1 saturated carbocycles. The van der Waals surface area contributed by atoms with E-state index in [9.17, 15) is 4.39 Å². The van der Waals surface area contributed by atoms with E-state index in [2.05, 4.69) is 15.9 Å². The minimum atomic E-state index is -0.515. The summed E-state index contributed by atoms with van der Waals surface area (Å²) in [6.45, 7) is 0.538. The molecular formula is C16H19BrFNO. The van der Waals surface area contributed by atoms with Crippen LogP contribution in [0.15, 0.2) is 18.2 Å². The molecule has 0 heterocycles. The summed E-state index contributed by atoms with van der Waals surface area (Å²) in [5.41, 5.74) is 0.112. The van der Waals surface area contributed by atoms with Crippen molar-refractivity contribution in [2.45, 2.75) is 38.5 Å². The second kappa shape index (κ2) is 7.08. The molecule has 2 nitrogen and oxygen atoms in total. The Hall–Kier alpha value is -1.08. The van der Waals surface area contributed by atoms with Gasteiger partial charge < -0.3 is 4.74 Å². The van der Waals surface area contributed by atoms with Crippen LogP contribution in [0.3, 0.4) is 0 Å². The molecule has 0 aliphatic heterocycles. The first-order valence-electron chi connectivity index (χ1n) is 7.08. The molecule has 1 aromatic rings. The molecule has 0 atom stereocenters. The van der Waals surface area contributed by atoms with Crippen LogP contribution in [-0.4, -0.2) is 11.9 Å². The van der Waals surface area contributed by atoms with Crippen molar-refractivity contribution < 1.29 is 9.13 Å². The van der Waals surface area contributed by atoms with E-state index in [4.69, 9.17) is 10.00 Å². The molecule has 1 aliphatic carbocycles. The fraction of sp³-hybridized carbons (Fsp3) is 0.562. The lowest BCUT2D eigenvalue weighted by atomic mass is 9.83. The van der Waals surface area contributed by atoms with Crippen LogP contribution in [0, 0.1) is 22.6 Å². The van der Waals surface area contributed by atoms with Crippen LogP contribution in [0.1, 0.15) is 44.1 Å². The number of benzene rings is 1. The fourth-order valence-corrected chi connectivity index (χ4v) is 3.48. The predicted molar refractivity (Wildman–Crippen MR) is 80.5 cm³/mol. The molecule has 108 valence electrons. The Bertz CT molecular complexity index is 490. The molecule has 0 amide bonds. The van der Waals surface area contributed by atoms with E-state index >= 15 is 0 Å². The molecule has 4 heteroatoms. The zero-order valence-corrected chi connectivity index (χ0v) is 13.1. The smallest absolute Gasteiger partial charge is 0.144 e. The van der Waals surface area contributed by atoms with E-state index < -0.39 is 5.82 Å². The second-order valence-corrected chi connectivity index (χ2v) is 6.12. The van der Waals surface area contributed by atoms with E-state index in [-0.39, 0.29) is 11.0 Å². The summed E-state index contributed by atoms with van der Waals surface area (Å²) in [6.07, 6.45) is 7.22. The molecule has 1 aromatic carbocycles. The van der Waals surface area contributed by atoms with E-state index in [1.165, 1.54) is 31.7 Å². The van der Waals surface area contributed by atoms with Crippen molar-refractivity contribution in [3.63, 3.8) is 0 Å². The first-order chi connectivity index (χ1) is 9.71.